The van der Waals surface area contributed by atoms with Crippen LogP contribution in [-0.4, -0.2) is 0 Å². The number of nitrogens with zero attached hydrogens (tertiary/aromatic N) is 1. The van der Waals surface area contributed by atoms with Crippen molar-refractivity contribution in [3.05, 3.63) is 249 Å². The molecular formula is C64H41NOS. The molecule has 314 valence electrons. The van der Waals surface area contributed by atoms with Crippen molar-refractivity contribution in [1.82, 2.24) is 0 Å². The minimum Gasteiger partial charge on any atom is -0.455 e. The van der Waals surface area contributed by atoms with Crippen LogP contribution in [0.15, 0.2) is 253 Å². The van der Waals surface area contributed by atoms with Crippen LogP contribution in [0.3, 0.4) is 0 Å². The smallest absolute Gasteiger partial charge is 0.143 e. The van der Waals surface area contributed by atoms with E-state index in [1.54, 1.807) is 0 Å². The first-order valence-electron chi connectivity index (χ1n) is 22.8. The zero-order chi connectivity index (χ0) is 44.3. The zero-order valence-corrected chi connectivity index (χ0v) is 37.3. The van der Waals surface area contributed by atoms with E-state index >= 15 is 0 Å². The fourth-order valence-corrected chi connectivity index (χ4v) is 11.1. The van der Waals surface area contributed by atoms with Crippen molar-refractivity contribution in [2.75, 3.05) is 4.90 Å². The van der Waals surface area contributed by atoms with E-state index in [1.807, 2.05) is 11.3 Å². The summed E-state index contributed by atoms with van der Waals surface area (Å²) < 4.78 is 9.20. The molecule has 0 bridgehead atoms. The van der Waals surface area contributed by atoms with Gasteiger partial charge in [-0.25, -0.2) is 0 Å². The maximum Gasteiger partial charge on any atom is 0.143 e. The normalized spacial score (nSPS) is 11.6. The minimum atomic E-state index is 0.895. The number of thiophene rings is 1. The van der Waals surface area contributed by atoms with Crippen molar-refractivity contribution in [3.63, 3.8) is 0 Å². The van der Waals surface area contributed by atoms with Gasteiger partial charge in [0.1, 0.15) is 11.2 Å². The molecule has 2 heterocycles. The Bertz CT molecular complexity index is 3940. The Hall–Kier alpha value is -8.50. The lowest BCUT2D eigenvalue weighted by atomic mass is 9.91. The first kappa shape index (κ1) is 38.9. The Labute approximate surface area is 392 Å². The molecular weight excluding hydrogens is 831 g/mol. The molecule has 0 fully saturated rings. The second-order valence-corrected chi connectivity index (χ2v) is 18.3. The molecule has 0 aliphatic carbocycles. The molecule has 0 aliphatic heterocycles. The van der Waals surface area contributed by atoms with Crippen LogP contribution >= 0.6 is 11.3 Å². The highest BCUT2D eigenvalue weighted by Crippen LogP contribution is 2.43. The summed E-state index contributed by atoms with van der Waals surface area (Å²) in [5.74, 6) is 0. The first-order valence-corrected chi connectivity index (χ1v) is 23.6. The number of furan rings is 1. The zero-order valence-electron chi connectivity index (χ0n) is 36.4. The molecule has 13 aromatic rings. The average Bonchev–Trinajstić information content (AvgIpc) is 3.98. The second kappa shape index (κ2) is 16.2. The van der Waals surface area contributed by atoms with Crippen molar-refractivity contribution < 1.29 is 4.42 Å². The molecule has 2 nitrogen and oxygen atoms in total. The molecule has 3 heteroatoms. The maximum absolute atomic E-state index is 6.57. The van der Waals surface area contributed by atoms with Gasteiger partial charge in [0.05, 0.1) is 0 Å². The highest BCUT2D eigenvalue weighted by Gasteiger charge is 2.18. The number of benzene rings is 11. The van der Waals surface area contributed by atoms with Crippen LogP contribution in [0.1, 0.15) is 0 Å². The lowest BCUT2D eigenvalue weighted by molar-refractivity contribution is 0.673. The molecule has 0 aliphatic rings. The Morgan fingerprint density at radius 2 is 0.821 bits per heavy atom. The molecule has 0 amide bonds. The number of fused-ring (bicyclic) bond motifs is 8. The van der Waals surface area contributed by atoms with E-state index in [9.17, 15) is 0 Å². The van der Waals surface area contributed by atoms with Gasteiger partial charge >= 0.3 is 0 Å². The minimum absolute atomic E-state index is 0.895. The fourth-order valence-electron chi connectivity index (χ4n) is 9.99. The monoisotopic (exact) mass is 871 g/mol. The Morgan fingerprint density at radius 3 is 1.52 bits per heavy atom. The number of rotatable bonds is 8. The Kier molecular flexibility index (Phi) is 9.40. The van der Waals surface area contributed by atoms with Crippen LogP contribution in [0.25, 0.3) is 109 Å². The van der Waals surface area contributed by atoms with Crippen molar-refractivity contribution in [2.24, 2.45) is 0 Å². The molecule has 0 saturated carbocycles. The molecule has 13 rings (SSSR count). The first-order chi connectivity index (χ1) is 33.2. The van der Waals surface area contributed by atoms with Gasteiger partial charge in [0.25, 0.3) is 0 Å². The van der Waals surface area contributed by atoms with Crippen molar-refractivity contribution in [1.29, 1.82) is 0 Å². The van der Waals surface area contributed by atoms with Crippen LogP contribution < -0.4 is 4.90 Å². The van der Waals surface area contributed by atoms with E-state index in [-0.39, 0.29) is 0 Å². The lowest BCUT2D eigenvalue weighted by Crippen LogP contribution is -2.09. The van der Waals surface area contributed by atoms with E-state index in [2.05, 4.69) is 254 Å². The largest absolute Gasteiger partial charge is 0.455 e. The second-order valence-electron chi connectivity index (χ2n) is 17.2. The van der Waals surface area contributed by atoms with E-state index in [0.29, 0.717) is 0 Å². The highest BCUT2D eigenvalue weighted by molar-refractivity contribution is 7.25. The maximum atomic E-state index is 6.57. The van der Waals surface area contributed by atoms with Crippen molar-refractivity contribution in [3.8, 4) is 55.6 Å². The third kappa shape index (κ3) is 6.88. The van der Waals surface area contributed by atoms with E-state index in [4.69, 9.17) is 4.42 Å². The quantitative estimate of drug-likeness (QED) is 0.151. The molecule has 0 unspecified atom stereocenters. The molecule has 0 saturated heterocycles. The molecule has 0 atom stereocenters. The van der Waals surface area contributed by atoms with E-state index < -0.39 is 0 Å². The summed E-state index contributed by atoms with van der Waals surface area (Å²) in [6, 6.07) is 90.1. The van der Waals surface area contributed by atoms with Gasteiger partial charge < -0.3 is 9.32 Å². The van der Waals surface area contributed by atoms with Gasteiger partial charge in [-0.3, -0.25) is 0 Å². The summed E-state index contributed by atoms with van der Waals surface area (Å²) in [6.07, 6.45) is 0. The van der Waals surface area contributed by atoms with Crippen LogP contribution in [-0.2, 0) is 0 Å². The van der Waals surface area contributed by atoms with Crippen molar-refractivity contribution in [2.45, 2.75) is 0 Å². The molecule has 0 spiro atoms. The van der Waals surface area contributed by atoms with Gasteiger partial charge in [0.2, 0.25) is 0 Å². The van der Waals surface area contributed by atoms with Gasteiger partial charge in [-0.05, 0) is 128 Å². The van der Waals surface area contributed by atoms with Crippen LogP contribution in [0.5, 0.6) is 0 Å². The van der Waals surface area contributed by atoms with Gasteiger partial charge in [0, 0.05) is 53.4 Å². The standard InChI is InChI=1S/C64H41NOS/c1-3-12-44(13-4-1)53-37-29-48(40-59(53)45-14-5-2-6-15-45)42-22-31-50(32-23-42)65(51-33-24-43(25-34-51)49-30-38-57-56-18-9-10-21-61(56)67-62(57)41-49)52-35-26-47(27-36-52)54-19-11-20-60-63(54)58-39-28-46-16-7-8-17-55(46)64(58)66-60/h1-41H. The van der Waals surface area contributed by atoms with Crippen LogP contribution in [0.4, 0.5) is 17.1 Å². The molecule has 0 N–H and O–H groups in total. The third-order valence-electron chi connectivity index (χ3n) is 13.3. The lowest BCUT2D eigenvalue weighted by Gasteiger charge is -2.26. The average molecular weight is 872 g/mol. The van der Waals surface area contributed by atoms with Crippen molar-refractivity contribution >= 4 is 81.3 Å². The SMILES string of the molecule is c1ccc(-c2ccc(-c3ccc(N(c4ccc(-c5ccc6c(c5)sc5ccccc56)cc4)c4ccc(-c5cccc6oc7c8ccccc8ccc7c56)cc4)cc3)cc2-c2ccccc2)cc1. The molecule has 0 radical (unpaired) electrons. The predicted molar refractivity (Wildman–Crippen MR) is 286 cm³/mol. The summed E-state index contributed by atoms with van der Waals surface area (Å²) in [5, 5.41) is 7.21. The summed E-state index contributed by atoms with van der Waals surface area (Å²) in [6.45, 7) is 0. The Balaban J connectivity index is 0.891. The predicted octanol–water partition coefficient (Wildman–Crippen LogP) is 18.9. The fraction of sp³-hybridized carbons (Fsp3) is 0. The van der Waals surface area contributed by atoms with Gasteiger partial charge in [-0.2, -0.15) is 0 Å². The third-order valence-corrected chi connectivity index (χ3v) is 14.4. The van der Waals surface area contributed by atoms with Gasteiger partial charge in [0.15, 0.2) is 0 Å². The molecule has 11 aromatic carbocycles. The van der Waals surface area contributed by atoms with E-state index in [0.717, 1.165) is 61.1 Å². The van der Waals surface area contributed by atoms with Gasteiger partial charge in [-0.1, -0.05) is 182 Å². The summed E-state index contributed by atoms with van der Waals surface area (Å²) in [4.78, 5) is 2.36. The molecule has 2 aromatic heterocycles. The topological polar surface area (TPSA) is 16.4 Å². The summed E-state index contributed by atoms with van der Waals surface area (Å²) in [5.41, 5.74) is 17.0. The number of hydrogen-bond donors (Lipinski definition) is 0. The highest BCUT2D eigenvalue weighted by atomic mass is 32.1. The summed E-state index contributed by atoms with van der Waals surface area (Å²) in [7, 11) is 0. The van der Waals surface area contributed by atoms with Crippen LogP contribution in [0, 0.1) is 0 Å². The number of anilines is 3. The summed E-state index contributed by atoms with van der Waals surface area (Å²) >= 11 is 1.86. The van der Waals surface area contributed by atoms with Crippen LogP contribution in [0.2, 0.25) is 0 Å². The van der Waals surface area contributed by atoms with E-state index in [1.165, 1.54) is 64.5 Å². The number of hydrogen-bond acceptors (Lipinski definition) is 3. The van der Waals surface area contributed by atoms with Gasteiger partial charge in [-0.15, -0.1) is 11.3 Å². The Morgan fingerprint density at radius 1 is 0.299 bits per heavy atom. The molecule has 67 heavy (non-hydrogen) atoms.